The average Bonchev–Trinajstić information content (AvgIpc) is 3.29. The number of hydrogen-bond acceptors (Lipinski definition) is 5. The molecule has 1 saturated heterocycles. The predicted molar refractivity (Wildman–Crippen MR) is 97.1 cm³/mol. The molecule has 1 aromatic rings. The molecule has 1 amide bonds. The number of rotatable bonds is 4. The minimum Gasteiger partial charge on any atom is -0.349 e. The summed E-state index contributed by atoms with van der Waals surface area (Å²) in [6.45, 7) is 2.12. The van der Waals surface area contributed by atoms with E-state index in [-0.39, 0.29) is 29.9 Å². The first-order valence-electron chi connectivity index (χ1n) is 9.81. The van der Waals surface area contributed by atoms with Gasteiger partial charge < -0.3 is 10.3 Å². The van der Waals surface area contributed by atoms with Crippen molar-refractivity contribution in [2.75, 3.05) is 0 Å². The maximum Gasteiger partial charge on any atom is 0.252 e. The van der Waals surface area contributed by atoms with Crippen molar-refractivity contribution >= 4 is 5.91 Å². The third-order valence-electron chi connectivity index (χ3n) is 6.35. The van der Waals surface area contributed by atoms with E-state index in [0.29, 0.717) is 23.3 Å². The fraction of sp³-hybridized carbons (Fsp3) is 0.684. The van der Waals surface area contributed by atoms with E-state index in [1.807, 2.05) is 0 Å². The zero-order chi connectivity index (χ0) is 18.1. The molecule has 2 saturated carbocycles. The summed E-state index contributed by atoms with van der Waals surface area (Å²) >= 11 is 0. The second-order valence-corrected chi connectivity index (χ2v) is 7.87. The average molecular weight is 360 g/mol. The van der Waals surface area contributed by atoms with Crippen LogP contribution in [-0.2, 0) is 4.84 Å². The fourth-order valence-corrected chi connectivity index (χ4v) is 4.94. The molecule has 5 unspecified atom stereocenters. The Labute approximate surface area is 153 Å². The second-order valence-electron chi connectivity index (χ2n) is 7.87. The molecule has 4 rings (SSSR count). The van der Waals surface area contributed by atoms with Gasteiger partial charge in [0.25, 0.3) is 5.91 Å². The quantitative estimate of drug-likeness (QED) is 0.652. The topological polar surface area (TPSA) is 95.2 Å². The van der Waals surface area contributed by atoms with Crippen LogP contribution >= 0.6 is 0 Å². The lowest BCUT2D eigenvalue weighted by Gasteiger charge is -2.36. The summed E-state index contributed by atoms with van der Waals surface area (Å²) in [6, 6.07) is 3.22. The van der Waals surface area contributed by atoms with Gasteiger partial charge in [0, 0.05) is 18.3 Å². The van der Waals surface area contributed by atoms with E-state index >= 15 is 0 Å². The van der Waals surface area contributed by atoms with Gasteiger partial charge in [0.1, 0.15) is 6.23 Å². The molecule has 142 valence electrons. The number of carbonyl (C=O) groups is 1. The van der Waals surface area contributed by atoms with Crippen LogP contribution < -0.4 is 21.7 Å². The fourth-order valence-electron chi connectivity index (χ4n) is 4.94. The Bertz CT molecular complexity index is 686. The van der Waals surface area contributed by atoms with Gasteiger partial charge in [-0.3, -0.25) is 19.7 Å². The highest BCUT2D eigenvalue weighted by atomic mass is 16.7. The summed E-state index contributed by atoms with van der Waals surface area (Å²) in [6.07, 6.45) is 8.49. The van der Waals surface area contributed by atoms with E-state index in [9.17, 15) is 9.59 Å². The highest BCUT2D eigenvalue weighted by Crippen LogP contribution is 2.45. The Morgan fingerprint density at radius 2 is 2.08 bits per heavy atom. The molecule has 4 N–H and O–H groups in total. The van der Waals surface area contributed by atoms with Crippen LogP contribution in [0.3, 0.4) is 0 Å². The molecule has 7 nitrogen and oxygen atoms in total. The normalized spacial score (nSPS) is 36.7. The molecular formula is C19H28N4O3. The number of hydroxylamine groups is 1. The zero-order valence-corrected chi connectivity index (χ0v) is 15.2. The van der Waals surface area contributed by atoms with Crippen molar-refractivity contribution in [1.82, 2.24) is 21.1 Å². The van der Waals surface area contributed by atoms with Crippen LogP contribution in [0.15, 0.2) is 23.1 Å². The van der Waals surface area contributed by atoms with Crippen molar-refractivity contribution < 1.29 is 9.63 Å². The number of carbonyl (C=O) groups excluding carboxylic acids is 1. The Morgan fingerprint density at radius 3 is 2.81 bits per heavy atom. The van der Waals surface area contributed by atoms with Crippen LogP contribution in [0.25, 0.3) is 0 Å². The highest BCUT2D eigenvalue weighted by molar-refractivity contribution is 5.94. The first kappa shape index (κ1) is 17.7. The van der Waals surface area contributed by atoms with Gasteiger partial charge in [0.05, 0.1) is 11.7 Å². The maximum absolute atomic E-state index is 12.5. The summed E-state index contributed by atoms with van der Waals surface area (Å²) in [5, 5.41) is 6.73. The lowest BCUT2D eigenvalue weighted by molar-refractivity contribution is 0.0125. The number of aromatic amines is 1. The van der Waals surface area contributed by atoms with E-state index < -0.39 is 0 Å². The van der Waals surface area contributed by atoms with Crippen molar-refractivity contribution in [1.29, 1.82) is 0 Å². The summed E-state index contributed by atoms with van der Waals surface area (Å²) in [5.74, 6) is 1.72. The van der Waals surface area contributed by atoms with Gasteiger partial charge >= 0.3 is 0 Å². The van der Waals surface area contributed by atoms with Crippen molar-refractivity contribution in [2.24, 2.45) is 17.8 Å². The maximum atomic E-state index is 12.5. The number of fused-ring (bicyclic) bond motifs is 1. The molecule has 3 fully saturated rings. The Balaban J connectivity index is 1.33. The number of pyridine rings is 1. The smallest absolute Gasteiger partial charge is 0.252 e. The van der Waals surface area contributed by atoms with Gasteiger partial charge in [-0.25, -0.2) is 0 Å². The number of aromatic nitrogens is 1. The van der Waals surface area contributed by atoms with E-state index in [4.69, 9.17) is 4.84 Å². The zero-order valence-electron chi connectivity index (χ0n) is 15.2. The molecule has 1 aliphatic heterocycles. The molecule has 26 heavy (non-hydrogen) atoms. The molecule has 0 spiro atoms. The molecule has 0 radical (unpaired) electrons. The molecular weight excluding hydrogens is 332 g/mol. The van der Waals surface area contributed by atoms with E-state index in [2.05, 4.69) is 28.0 Å². The minimum atomic E-state index is -0.191. The first-order valence-corrected chi connectivity index (χ1v) is 9.81. The van der Waals surface area contributed by atoms with E-state index in [1.54, 1.807) is 6.07 Å². The van der Waals surface area contributed by atoms with Gasteiger partial charge in [0.2, 0.25) is 5.56 Å². The molecule has 3 aliphatic rings. The third kappa shape index (κ3) is 3.56. The summed E-state index contributed by atoms with van der Waals surface area (Å²) < 4.78 is 0. The molecule has 2 heterocycles. The van der Waals surface area contributed by atoms with Crippen molar-refractivity contribution in [3.63, 3.8) is 0 Å². The number of hydrogen-bond donors (Lipinski definition) is 4. The van der Waals surface area contributed by atoms with Crippen LogP contribution in [-0.4, -0.2) is 29.3 Å². The van der Waals surface area contributed by atoms with Crippen molar-refractivity contribution in [2.45, 2.75) is 63.9 Å². The highest BCUT2D eigenvalue weighted by Gasteiger charge is 2.43. The van der Waals surface area contributed by atoms with Crippen LogP contribution in [0.2, 0.25) is 0 Å². The van der Waals surface area contributed by atoms with Crippen LogP contribution in [0, 0.1) is 17.8 Å². The standard InChI is InChI=1S/C19H28N4O3/c1-2-17-22-18(23-26-17)12-3-6-14-11(9-12)4-7-15(14)21-19(25)13-5-8-16(24)20-10-13/h5,8,10-12,14-15,17-18,22-23H,2-4,6-7,9H2,1H3,(H,20,24)(H,21,25)/t11?,12?,14?,15-,17?,18?/m1/s1. The molecule has 6 atom stereocenters. The second kappa shape index (κ2) is 7.50. The van der Waals surface area contributed by atoms with Crippen molar-refractivity contribution in [3.05, 3.63) is 34.2 Å². The minimum absolute atomic E-state index is 0.0904. The molecule has 1 aromatic heterocycles. The van der Waals surface area contributed by atoms with Crippen LogP contribution in [0.1, 0.15) is 55.8 Å². The van der Waals surface area contributed by atoms with Crippen LogP contribution in [0.4, 0.5) is 0 Å². The van der Waals surface area contributed by atoms with Gasteiger partial charge in [-0.2, -0.15) is 5.48 Å². The Morgan fingerprint density at radius 1 is 1.23 bits per heavy atom. The first-order chi connectivity index (χ1) is 12.6. The third-order valence-corrected chi connectivity index (χ3v) is 6.35. The van der Waals surface area contributed by atoms with Crippen molar-refractivity contribution in [3.8, 4) is 0 Å². The van der Waals surface area contributed by atoms with Gasteiger partial charge in [0.15, 0.2) is 0 Å². The molecule has 0 aromatic carbocycles. The summed E-state index contributed by atoms with van der Waals surface area (Å²) in [4.78, 5) is 31.7. The Hall–Kier alpha value is -1.70. The van der Waals surface area contributed by atoms with Gasteiger partial charge in [-0.1, -0.05) is 6.92 Å². The van der Waals surface area contributed by atoms with E-state index in [0.717, 1.165) is 25.7 Å². The number of H-pyrrole nitrogens is 1. The predicted octanol–water partition coefficient (Wildman–Crippen LogP) is 1.49. The largest absolute Gasteiger partial charge is 0.349 e. The lowest BCUT2D eigenvalue weighted by Crippen LogP contribution is -2.45. The SMILES string of the molecule is CCC1NC(C2CCC3C(CC[C@H]3NC(=O)c3ccc(=O)[nH]c3)C2)NO1. The Kier molecular flexibility index (Phi) is 5.11. The summed E-state index contributed by atoms with van der Waals surface area (Å²) in [5.41, 5.74) is 3.49. The number of nitrogens with one attached hydrogen (secondary N) is 4. The van der Waals surface area contributed by atoms with Gasteiger partial charge in [-0.05, 0) is 62.3 Å². The number of amides is 1. The molecule has 7 heteroatoms. The summed E-state index contributed by atoms with van der Waals surface area (Å²) in [7, 11) is 0. The molecule has 2 aliphatic carbocycles. The van der Waals surface area contributed by atoms with Crippen LogP contribution in [0.5, 0.6) is 0 Å². The lowest BCUT2D eigenvalue weighted by atomic mass is 9.74. The monoisotopic (exact) mass is 360 g/mol. The van der Waals surface area contributed by atoms with E-state index in [1.165, 1.54) is 25.1 Å². The van der Waals surface area contributed by atoms with Gasteiger partial charge in [-0.15, -0.1) is 0 Å². The molecule has 0 bridgehead atoms.